The van der Waals surface area contributed by atoms with Crippen LogP contribution < -0.4 is 0 Å². The Hall–Kier alpha value is -2.19. The molecule has 1 aromatic heterocycles. The summed E-state index contributed by atoms with van der Waals surface area (Å²) in [5, 5.41) is 4.23. The van der Waals surface area contributed by atoms with E-state index >= 15 is 0 Å². The van der Waals surface area contributed by atoms with Crippen molar-refractivity contribution in [3.8, 4) is 0 Å². The SMILES string of the molecule is Cc1nn(C)c(C)c1S(=O)(=O)N1CCCN(C(=O)Cc2ccccc2)CC1. The van der Waals surface area contributed by atoms with E-state index in [9.17, 15) is 13.2 Å². The molecule has 1 aliphatic heterocycles. The van der Waals surface area contributed by atoms with Gasteiger partial charge in [-0.25, -0.2) is 8.42 Å². The standard InChI is InChI=1S/C19H26N4O3S/c1-15-19(16(2)21(3)20-15)27(25,26)23-11-7-10-22(12-13-23)18(24)14-17-8-5-4-6-9-17/h4-6,8-9H,7,10-14H2,1-3H3. The summed E-state index contributed by atoms with van der Waals surface area (Å²) < 4.78 is 29.3. The summed E-state index contributed by atoms with van der Waals surface area (Å²) in [6.45, 7) is 5.17. The zero-order chi connectivity index (χ0) is 19.6. The van der Waals surface area contributed by atoms with Crippen molar-refractivity contribution in [1.82, 2.24) is 19.0 Å². The summed E-state index contributed by atoms with van der Waals surface area (Å²) in [7, 11) is -1.88. The molecule has 0 radical (unpaired) electrons. The maximum atomic E-state index is 13.1. The van der Waals surface area contributed by atoms with Gasteiger partial charge in [0.1, 0.15) is 4.90 Å². The van der Waals surface area contributed by atoms with Crippen molar-refractivity contribution >= 4 is 15.9 Å². The van der Waals surface area contributed by atoms with E-state index < -0.39 is 10.0 Å². The lowest BCUT2D eigenvalue weighted by atomic mass is 10.1. The van der Waals surface area contributed by atoms with Gasteiger partial charge >= 0.3 is 0 Å². The average molecular weight is 391 g/mol. The lowest BCUT2D eigenvalue weighted by Crippen LogP contribution is -2.38. The highest BCUT2D eigenvalue weighted by Crippen LogP contribution is 2.24. The number of carbonyl (C=O) groups is 1. The first-order valence-corrected chi connectivity index (χ1v) is 10.6. The van der Waals surface area contributed by atoms with Crippen LogP contribution in [0.1, 0.15) is 23.4 Å². The number of amides is 1. The third-order valence-corrected chi connectivity index (χ3v) is 7.20. The Bertz CT molecular complexity index is 922. The number of hydrogen-bond acceptors (Lipinski definition) is 4. The normalized spacial score (nSPS) is 16.3. The van der Waals surface area contributed by atoms with Crippen molar-refractivity contribution < 1.29 is 13.2 Å². The molecule has 0 spiro atoms. The second-order valence-electron chi connectivity index (χ2n) is 6.92. The molecule has 3 rings (SSSR count). The number of carbonyl (C=O) groups excluding carboxylic acids is 1. The fraction of sp³-hybridized carbons (Fsp3) is 0.474. The molecule has 8 heteroatoms. The predicted molar refractivity (Wildman–Crippen MR) is 103 cm³/mol. The van der Waals surface area contributed by atoms with Crippen LogP contribution in [0.5, 0.6) is 0 Å². The molecular weight excluding hydrogens is 364 g/mol. The summed E-state index contributed by atoms with van der Waals surface area (Å²) >= 11 is 0. The Morgan fingerprint density at radius 1 is 1.07 bits per heavy atom. The van der Waals surface area contributed by atoms with Gasteiger partial charge in [-0.2, -0.15) is 9.40 Å². The molecule has 0 unspecified atom stereocenters. The van der Waals surface area contributed by atoms with Crippen LogP contribution in [0, 0.1) is 13.8 Å². The number of sulfonamides is 1. The molecule has 2 heterocycles. The molecule has 1 aliphatic rings. The van der Waals surface area contributed by atoms with Crippen LogP contribution in [-0.4, -0.2) is 59.5 Å². The van der Waals surface area contributed by atoms with Crippen molar-refractivity contribution in [3.63, 3.8) is 0 Å². The first kappa shape index (κ1) is 19.6. The van der Waals surface area contributed by atoms with Gasteiger partial charge in [0, 0.05) is 33.2 Å². The zero-order valence-electron chi connectivity index (χ0n) is 16.1. The second kappa shape index (κ2) is 7.82. The quantitative estimate of drug-likeness (QED) is 0.793. The molecule has 0 bridgehead atoms. The Labute approximate surface area is 160 Å². The van der Waals surface area contributed by atoms with Crippen LogP contribution in [-0.2, 0) is 28.3 Å². The van der Waals surface area contributed by atoms with E-state index in [1.807, 2.05) is 30.3 Å². The van der Waals surface area contributed by atoms with E-state index in [4.69, 9.17) is 0 Å². The molecule has 2 aromatic rings. The molecule has 0 N–H and O–H groups in total. The largest absolute Gasteiger partial charge is 0.341 e. The lowest BCUT2D eigenvalue weighted by molar-refractivity contribution is -0.130. The van der Waals surface area contributed by atoms with Crippen LogP contribution >= 0.6 is 0 Å². The fourth-order valence-electron chi connectivity index (χ4n) is 3.52. The van der Waals surface area contributed by atoms with Gasteiger partial charge in [0.25, 0.3) is 0 Å². The van der Waals surface area contributed by atoms with Gasteiger partial charge in [0.2, 0.25) is 15.9 Å². The Kier molecular flexibility index (Phi) is 5.67. The highest BCUT2D eigenvalue weighted by atomic mass is 32.2. The molecule has 1 saturated heterocycles. The van der Waals surface area contributed by atoms with Crippen molar-refractivity contribution in [2.45, 2.75) is 31.6 Å². The number of rotatable bonds is 4. The van der Waals surface area contributed by atoms with Crippen LogP contribution in [0.4, 0.5) is 0 Å². The average Bonchev–Trinajstić information content (AvgIpc) is 2.81. The van der Waals surface area contributed by atoms with Crippen LogP contribution in [0.3, 0.4) is 0 Å². The molecule has 1 aromatic carbocycles. The molecular formula is C19H26N4O3S. The van der Waals surface area contributed by atoms with E-state index in [0.717, 1.165) is 5.56 Å². The number of benzene rings is 1. The summed E-state index contributed by atoms with van der Waals surface area (Å²) in [6, 6.07) is 9.61. The van der Waals surface area contributed by atoms with Crippen LogP contribution in [0.2, 0.25) is 0 Å². The minimum absolute atomic E-state index is 0.0363. The summed E-state index contributed by atoms with van der Waals surface area (Å²) in [4.78, 5) is 14.7. The molecule has 0 saturated carbocycles. The minimum atomic E-state index is -3.62. The van der Waals surface area contributed by atoms with Gasteiger partial charge < -0.3 is 4.90 Å². The van der Waals surface area contributed by atoms with Crippen molar-refractivity contribution in [2.24, 2.45) is 7.05 Å². The smallest absolute Gasteiger partial charge is 0.246 e. The van der Waals surface area contributed by atoms with Gasteiger partial charge in [0.15, 0.2) is 0 Å². The molecule has 0 atom stereocenters. The van der Waals surface area contributed by atoms with E-state index in [1.54, 1.807) is 30.5 Å². The third kappa shape index (κ3) is 4.06. The van der Waals surface area contributed by atoms with Crippen molar-refractivity contribution in [2.75, 3.05) is 26.2 Å². The molecule has 1 fully saturated rings. The van der Waals surface area contributed by atoms with Crippen LogP contribution in [0.15, 0.2) is 35.2 Å². The molecule has 0 aliphatic carbocycles. The molecule has 1 amide bonds. The summed E-state index contributed by atoms with van der Waals surface area (Å²) in [6.07, 6.45) is 0.965. The first-order chi connectivity index (χ1) is 12.8. The van der Waals surface area contributed by atoms with E-state index in [-0.39, 0.29) is 10.8 Å². The molecule has 7 nitrogen and oxygen atoms in total. The van der Waals surface area contributed by atoms with E-state index in [2.05, 4.69) is 5.10 Å². The van der Waals surface area contributed by atoms with Crippen molar-refractivity contribution in [1.29, 1.82) is 0 Å². The maximum absolute atomic E-state index is 13.1. The van der Waals surface area contributed by atoms with Gasteiger partial charge in [-0.05, 0) is 25.8 Å². The number of aryl methyl sites for hydroxylation is 2. The second-order valence-corrected chi connectivity index (χ2v) is 8.80. The number of aromatic nitrogens is 2. The summed E-state index contributed by atoms with van der Waals surface area (Å²) in [5.41, 5.74) is 2.11. The Balaban J connectivity index is 1.72. The Morgan fingerprint density at radius 3 is 2.41 bits per heavy atom. The highest BCUT2D eigenvalue weighted by Gasteiger charge is 2.32. The van der Waals surface area contributed by atoms with Crippen LogP contribution in [0.25, 0.3) is 0 Å². The van der Waals surface area contributed by atoms with Gasteiger partial charge in [-0.1, -0.05) is 30.3 Å². The highest BCUT2D eigenvalue weighted by molar-refractivity contribution is 7.89. The maximum Gasteiger partial charge on any atom is 0.246 e. The van der Waals surface area contributed by atoms with Crippen molar-refractivity contribution in [3.05, 3.63) is 47.3 Å². The minimum Gasteiger partial charge on any atom is -0.341 e. The lowest BCUT2D eigenvalue weighted by Gasteiger charge is -2.22. The van der Waals surface area contributed by atoms with Gasteiger partial charge in [0.05, 0.1) is 17.8 Å². The van der Waals surface area contributed by atoms with E-state index in [1.165, 1.54) is 4.31 Å². The Morgan fingerprint density at radius 2 is 1.78 bits per heavy atom. The predicted octanol–water partition coefficient (Wildman–Crippen LogP) is 1.50. The third-order valence-electron chi connectivity index (χ3n) is 5.05. The van der Waals surface area contributed by atoms with Gasteiger partial charge in [-0.3, -0.25) is 9.48 Å². The summed E-state index contributed by atoms with van der Waals surface area (Å²) in [5.74, 6) is 0.0363. The first-order valence-electron chi connectivity index (χ1n) is 9.12. The number of hydrogen-bond donors (Lipinski definition) is 0. The molecule has 146 valence electrons. The fourth-order valence-corrected chi connectivity index (χ4v) is 5.39. The number of nitrogens with zero attached hydrogens (tertiary/aromatic N) is 4. The molecule has 27 heavy (non-hydrogen) atoms. The topological polar surface area (TPSA) is 75.5 Å². The monoisotopic (exact) mass is 390 g/mol. The van der Waals surface area contributed by atoms with Gasteiger partial charge in [-0.15, -0.1) is 0 Å². The zero-order valence-corrected chi connectivity index (χ0v) is 16.9. The van der Waals surface area contributed by atoms with E-state index in [0.29, 0.717) is 50.4 Å².